The summed E-state index contributed by atoms with van der Waals surface area (Å²) in [4.78, 5) is 18.0. The van der Waals surface area contributed by atoms with Crippen LogP contribution in [0.5, 0.6) is 0 Å². The van der Waals surface area contributed by atoms with Crippen LogP contribution in [0.25, 0.3) is 22.2 Å². The first-order valence-electron chi connectivity index (χ1n) is 9.40. The summed E-state index contributed by atoms with van der Waals surface area (Å²) in [5, 5.41) is 4.84. The molecule has 4 aromatic rings. The molecule has 0 fully saturated rings. The van der Waals surface area contributed by atoms with Crippen molar-refractivity contribution in [2.24, 2.45) is 0 Å². The van der Waals surface area contributed by atoms with E-state index in [1.165, 1.54) is 0 Å². The molecule has 3 nitrogen and oxygen atoms in total. The molecular formula is C24H17BrCl2N2O. The highest BCUT2D eigenvalue weighted by molar-refractivity contribution is 9.10. The number of rotatable bonds is 4. The van der Waals surface area contributed by atoms with Gasteiger partial charge >= 0.3 is 0 Å². The van der Waals surface area contributed by atoms with Crippen molar-refractivity contribution in [2.75, 3.05) is 5.32 Å². The Balaban J connectivity index is 1.84. The highest BCUT2D eigenvalue weighted by atomic mass is 79.9. The van der Waals surface area contributed by atoms with E-state index in [9.17, 15) is 4.79 Å². The molecule has 150 valence electrons. The van der Waals surface area contributed by atoms with Crippen LogP contribution in [-0.2, 0) is 6.42 Å². The number of pyridine rings is 1. The second-order valence-electron chi connectivity index (χ2n) is 6.85. The van der Waals surface area contributed by atoms with Crippen LogP contribution in [0.1, 0.15) is 22.8 Å². The maximum atomic E-state index is 13.3. The molecule has 1 heterocycles. The smallest absolute Gasteiger partial charge is 0.256 e. The fourth-order valence-corrected chi connectivity index (χ4v) is 4.08. The van der Waals surface area contributed by atoms with Crippen LogP contribution in [0.2, 0.25) is 10.0 Å². The molecule has 1 amide bonds. The lowest BCUT2D eigenvalue weighted by atomic mass is 10.0. The normalized spacial score (nSPS) is 10.9. The van der Waals surface area contributed by atoms with E-state index in [-0.39, 0.29) is 5.91 Å². The fraction of sp³-hybridized carbons (Fsp3) is 0.0833. The predicted octanol–water partition coefficient (Wildman–Crippen LogP) is 7.79. The SMILES string of the molecule is CCc1ccc2nc(-c3ccc(Cl)cc3)cc(C(=O)Nc3ccc(Br)cc3Cl)c2c1. The summed E-state index contributed by atoms with van der Waals surface area (Å²) in [5.41, 5.74) is 4.58. The Labute approximate surface area is 193 Å². The summed E-state index contributed by atoms with van der Waals surface area (Å²) < 4.78 is 0.845. The van der Waals surface area contributed by atoms with E-state index >= 15 is 0 Å². The van der Waals surface area contributed by atoms with Gasteiger partial charge in [-0.3, -0.25) is 4.79 Å². The van der Waals surface area contributed by atoms with Crippen molar-refractivity contribution in [1.29, 1.82) is 0 Å². The molecule has 0 aliphatic rings. The predicted molar refractivity (Wildman–Crippen MR) is 129 cm³/mol. The first-order valence-corrected chi connectivity index (χ1v) is 11.0. The first kappa shape index (κ1) is 20.9. The van der Waals surface area contributed by atoms with E-state index in [0.29, 0.717) is 27.0 Å². The van der Waals surface area contributed by atoms with Gasteiger partial charge in [0.1, 0.15) is 0 Å². The number of aryl methyl sites for hydroxylation is 1. The van der Waals surface area contributed by atoms with Gasteiger partial charge in [-0.05, 0) is 60.5 Å². The number of fused-ring (bicyclic) bond motifs is 1. The summed E-state index contributed by atoms with van der Waals surface area (Å²) in [6, 6.07) is 20.6. The van der Waals surface area contributed by atoms with Crippen LogP contribution in [0.3, 0.4) is 0 Å². The number of benzene rings is 3. The van der Waals surface area contributed by atoms with E-state index in [0.717, 1.165) is 32.9 Å². The van der Waals surface area contributed by atoms with Crippen LogP contribution in [-0.4, -0.2) is 10.9 Å². The molecule has 0 bridgehead atoms. The number of halogens is 3. The van der Waals surface area contributed by atoms with Crippen LogP contribution in [0.4, 0.5) is 5.69 Å². The minimum Gasteiger partial charge on any atom is -0.321 e. The number of carbonyl (C=O) groups excluding carboxylic acids is 1. The maximum Gasteiger partial charge on any atom is 0.256 e. The monoisotopic (exact) mass is 498 g/mol. The van der Waals surface area contributed by atoms with Gasteiger partial charge in [-0.15, -0.1) is 0 Å². The molecule has 1 aromatic heterocycles. The molecule has 6 heteroatoms. The zero-order valence-corrected chi connectivity index (χ0v) is 19.1. The molecule has 0 spiro atoms. The van der Waals surface area contributed by atoms with E-state index < -0.39 is 0 Å². The second kappa shape index (κ2) is 8.76. The number of amides is 1. The van der Waals surface area contributed by atoms with Crippen LogP contribution in [0.15, 0.2) is 71.2 Å². The second-order valence-corrected chi connectivity index (χ2v) is 8.60. The molecule has 0 radical (unpaired) electrons. The quantitative estimate of drug-likeness (QED) is 0.311. The molecule has 4 rings (SSSR count). The lowest BCUT2D eigenvalue weighted by Gasteiger charge is -2.13. The Hall–Kier alpha value is -2.40. The Morgan fingerprint density at radius 3 is 2.47 bits per heavy atom. The minimum absolute atomic E-state index is 0.241. The Bertz CT molecular complexity index is 1260. The number of nitrogens with one attached hydrogen (secondary N) is 1. The Kier molecular flexibility index (Phi) is 6.09. The van der Waals surface area contributed by atoms with Crippen molar-refractivity contribution < 1.29 is 4.79 Å². The zero-order chi connectivity index (χ0) is 21.3. The summed E-state index contributed by atoms with van der Waals surface area (Å²) in [5.74, 6) is -0.241. The lowest BCUT2D eigenvalue weighted by Crippen LogP contribution is -2.13. The van der Waals surface area contributed by atoms with E-state index in [1.807, 2.05) is 54.6 Å². The van der Waals surface area contributed by atoms with Gasteiger partial charge in [0, 0.05) is 20.4 Å². The third-order valence-electron chi connectivity index (χ3n) is 4.85. The van der Waals surface area contributed by atoms with Crippen molar-refractivity contribution >= 4 is 61.6 Å². The molecule has 0 aliphatic carbocycles. The minimum atomic E-state index is -0.241. The van der Waals surface area contributed by atoms with Crippen LogP contribution in [0, 0.1) is 0 Å². The maximum absolute atomic E-state index is 13.3. The fourth-order valence-electron chi connectivity index (χ4n) is 3.23. The standard InChI is InChI=1S/C24H17BrCl2N2O/c1-2-14-3-9-21-18(11-14)19(13-23(28-21)15-4-7-17(26)8-5-15)24(30)29-22-10-6-16(25)12-20(22)27/h3-13H,2H2,1H3,(H,29,30). The average molecular weight is 500 g/mol. The third kappa shape index (κ3) is 4.36. The van der Waals surface area contributed by atoms with E-state index in [4.69, 9.17) is 28.2 Å². The van der Waals surface area contributed by atoms with Gasteiger partial charge in [0.15, 0.2) is 0 Å². The van der Waals surface area contributed by atoms with Crippen LogP contribution >= 0.6 is 39.1 Å². The highest BCUT2D eigenvalue weighted by Gasteiger charge is 2.16. The molecular weight excluding hydrogens is 483 g/mol. The number of anilines is 1. The molecule has 0 atom stereocenters. The van der Waals surface area contributed by atoms with Crippen molar-refractivity contribution in [2.45, 2.75) is 13.3 Å². The van der Waals surface area contributed by atoms with Crippen molar-refractivity contribution in [3.63, 3.8) is 0 Å². The lowest BCUT2D eigenvalue weighted by molar-refractivity contribution is 0.102. The van der Waals surface area contributed by atoms with Crippen molar-refractivity contribution in [1.82, 2.24) is 4.98 Å². The van der Waals surface area contributed by atoms with Gasteiger partial charge in [0.05, 0.1) is 27.5 Å². The molecule has 30 heavy (non-hydrogen) atoms. The number of hydrogen-bond donors (Lipinski definition) is 1. The molecule has 3 aromatic carbocycles. The Morgan fingerprint density at radius 1 is 1.00 bits per heavy atom. The van der Waals surface area contributed by atoms with Crippen molar-refractivity contribution in [3.8, 4) is 11.3 Å². The van der Waals surface area contributed by atoms with Crippen LogP contribution < -0.4 is 5.32 Å². The summed E-state index contributed by atoms with van der Waals surface area (Å²) in [6.07, 6.45) is 0.870. The summed E-state index contributed by atoms with van der Waals surface area (Å²) >= 11 is 15.7. The first-order chi connectivity index (χ1) is 14.4. The van der Waals surface area contributed by atoms with E-state index in [2.05, 4.69) is 28.2 Å². The molecule has 0 aliphatic heterocycles. The number of aromatic nitrogens is 1. The van der Waals surface area contributed by atoms with Gasteiger partial charge in [0.2, 0.25) is 0 Å². The van der Waals surface area contributed by atoms with Gasteiger partial charge in [-0.25, -0.2) is 4.98 Å². The summed E-state index contributed by atoms with van der Waals surface area (Å²) in [6.45, 7) is 2.08. The number of nitrogens with zero attached hydrogens (tertiary/aromatic N) is 1. The Morgan fingerprint density at radius 2 is 1.77 bits per heavy atom. The zero-order valence-electron chi connectivity index (χ0n) is 16.0. The largest absolute Gasteiger partial charge is 0.321 e. The number of carbonyl (C=O) groups is 1. The van der Waals surface area contributed by atoms with E-state index in [1.54, 1.807) is 12.1 Å². The van der Waals surface area contributed by atoms with Crippen molar-refractivity contribution in [3.05, 3.63) is 92.4 Å². The van der Waals surface area contributed by atoms with Gasteiger partial charge < -0.3 is 5.32 Å². The molecule has 0 saturated carbocycles. The number of hydrogen-bond acceptors (Lipinski definition) is 2. The topological polar surface area (TPSA) is 42.0 Å². The van der Waals surface area contributed by atoms with Gasteiger partial charge in [0.25, 0.3) is 5.91 Å². The molecule has 0 unspecified atom stereocenters. The molecule has 0 saturated heterocycles. The van der Waals surface area contributed by atoms with Gasteiger partial charge in [-0.2, -0.15) is 0 Å². The molecule has 1 N–H and O–H groups in total. The average Bonchev–Trinajstić information content (AvgIpc) is 2.75. The van der Waals surface area contributed by atoms with Gasteiger partial charge in [-0.1, -0.05) is 64.3 Å². The third-order valence-corrected chi connectivity index (χ3v) is 5.90. The summed E-state index contributed by atoms with van der Waals surface area (Å²) in [7, 11) is 0. The highest BCUT2D eigenvalue weighted by Crippen LogP contribution is 2.30.